The first kappa shape index (κ1) is 22.0. The lowest BCUT2D eigenvalue weighted by atomic mass is 10.1. The summed E-state index contributed by atoms with van der Waals surface area (Å²) in [5, 5.41) is 2.70. The minimum Gasteiger partial charge on any atom is -0.357 e. The number of nitrogens with one attached hydrogen (secondary N) is 1. The van der Waals surface area contributed by atoms with Crippen molar-refractivity contribution in [1.29, 1.82) is 0 Å². The Hall–Kier alpha value is -2.27. The highest BCUT2D eigenvalue weighted by atomic mass is 32.2. The van der Waals surface area contributed by atoms with E-state index >= 15 is 0 Å². The van der Waals surface area contributed by atoms with Crippen LogP contribution in [0.3, 0.4) is 0 Å². The average molecular weight is 399 g/mol. The molecule has 2 amide bonds. The number of benzene rings is 2. The molecule has 0 aromatic heterocycles. The number of carbonyl (C=O) groups is 2. The zero-order valence-corrected chi connectivity index (χ0v) is 18.0. The molecule has 0 bridgehead atoms. The van der Waals surface area contributed by atoms with Crippen molar-refractivity contribution < 1.29 is 9.59 Å². The fourth-order valence-corrected chi connectivity index (χ4v) is 3.99. The summed E-state index contributed by atoms with van der Waals surface area (Å²) in [7, 11) is 1.62. The second-order valence-corrected chi connectivity index (χ2v) is 8.01. The van der Waals surface area contributed by atoms with Gasteiger partial charge in [-0.1, -0.05) is 66.6 Å². The normalized spacial score (nSPS) is 11.7. The van der Waals surface area contributed by atoms with Crippen LogP contribution in [-0.2, 0) is 21.9 Å². The van der Waals surface area contributed by atoms with Crippen LogP contribution in [0.15, 0.2) is 48.5 Å². The second-order valence-electron chi connectivity index (χ2n) is 7.03. The summed E-state index contributed by atoms with van der Waals surface area (Å²) in [5.74, 6) is 1.01. The molecule has 0 heterocycles. The molecule has 0 aliphatic rings. The van der Waals surface area contributed by atoms with E-state index < -0.39 is 6.04 Å². The molecule has 0 saturated carbocycles. The molecule has 2 rings (SSSR count). The fourth-order valence-electron chi connectivity index (χ4n) is 3.12. The topological polar surface area (TPSA) is 49.4 Å². The highest BCUT2D eigenvalue weighted by molar-refractivity contribution is 7.99. The first-order chi connectivity index (χ1) is 13.4. The van der Waals surface area contributed by atoms with Gasteiger partial charge in [0, 0.05) is 19.3 Å². The van der Waals surface area contributed by atoms with E-state index in [2.05, 4.69) is 42.6 Å². The van der Waals surface area contributed by atoms with Crippen LogP contribution in [-0.4, -0.2) is 35.6 Å². The van der Waals surface area contributed by atoms with Gasteiger partial charge in [-0.2, -0.15) is 0 Å². The summed E-state index contributed by atoms with van der Waals surface area (Å²) in [4.78, 5) is 27.1. The lowest BCUT2D eigenvalue weighted by molar-refractivity contribution is -0.139. The molecule has 0 aliphatic carbocycles. The van der Waals surface area contributed by atoms with Crippen LogP contribution in [0.5, 0.6) is 0 Å². The number of nitrogens with zero attached hydrogens (tertiary/aromatic N) is 1. The number of aryl methyl sites for hydroxylation is 2. The van der Waals surface area contributed by atoms with Gasteiger partial charge >= 0.3 is 0 Å². The van der Waals surface area contributed by atoms with Crippen molar-refractivity contribution in [1.82, 2.24) is 10.2 Å². The third-order valence-electron chi connectivity index (χ3n) is 4.68. The summed E-state index contributed by atoms with van der Waals surface area (Å²) in [6.07, 6.45) is 0.583. The van der Waals surface area contributed by atoms with Gasteiger partial charge in [0.15, 0.2) is 0 Å². The number of carbonyl (C=O) groups excluding carboxylic acids is 2. The Labute approximate surface area is 172 Å². The van der Waals surface area contributed by atoms with E-state index in [1.165, 1.54) is 11.1 Å². The number of hydrogen-bond acceptors (Lipinski definition) is 3. The van der Waals surface area contributed by atoms with Crippen molar-refractivity contribution in [3.05, 3.63) is 70.8 Å². The van der Waals surface area contributed by atoms with Gasteiger partial charge in [-0.15, -0.1) is 11.8 Å². The molecule has 28 heavy (non-hydrogen) atoms. The number of rotatable bonds is 9. The maximum absolute atomic E-state index is 13.0. The van der Waals surface area contributed by atoms with Crippen molar-refractivity contribution in [3.8, 4) is 0 Å². The smallest absolute Gasteiger partial charge is 0.242 e. The van der Waals surface area contributed by atoms with E-state index in [1.807, 2.05) is 32.0 Å². The van der Waals surface area contributed by atoms with Crippen LogP contribution >= 0.6 is 11.8 Å². The molecule has 0 aliphatic heterocycles. The summed E-state index contributed by atoms with van der Waals surface area (Å²) in [6, 6.07) is 16.0. The third-order valence-corrected chi connectivity index (χ3v) is 5.67. The lowest BCUT2D eigenvalue weighted by Crippen LogP contribution is -2.48. The van der Waals surface area contributed by atoms with E-state index in [1.54, 1.807) is 23.7 Å². The molecule has 150 valence electrons. The van der Waals surface area contributed by atoms with Gasteiger partial charge in [0.1, 0.15) is 6.04 Å². The average Bonchev–Trinajstić information content (AvgIpc) is 2.69. The van der Waals surface area contributed by atoms with Crippen molar-refractivity contribution in [3.63, 3.8) is 0 Å². The van der Waals surface area contributed by atoms with Crippen LogP contribution in [0.4, 0.5) is 0 Å². The van der Waals surface area contributed by atoms with Crippen LogP contribution in [0, 0.1) is 13.8 Å². The SMILES string of the molecule is CC[C@@H](C(=O)NC)N(Cc1cccc(C)c1)C(=O)CSCc1ccc(C)cc1. The largest absolute Gasteiger partial charge is 0.357 e. The molecular weight excluding hydrogens is 368 g/mol. The first-order valence-electron chi connectivity index (χ1n) is 9.64. The Morgan fingerprint density at radius 3 is 2.36 bits per heavy atom. The fraction of sp³-hybridized carbons (Fsp3) is 0.391. The predicted octanol–water partition coefficient (Wildman–Crippen LogP) is 4.09. The van der Waals surface area contributed by atoms with Gasteiger partial charge in [0.2, 0.25) is 11.8 Å². The Morgan fingerprint density at radius 1 is 1.04 bits per heavy atom. The van der Waals surface area contributed by atoms with Crippen LogP contribution in [0.1, 0.15) is 35.6 Å². The van der Waals surface area contributed by atoms with Crippen molar-refractivity contribution >= 4 is 23.6 Å². The number of likely N-dealkylation sites (N-methyl/N-ethyl adjacent to an activating group) is 1. The Morgan fingerprint density at radius 2 is 1.75 bits per heavy atom. The first-order valence-corrected chi connectivity index (χ1v) is 10.8. The van der Waals surface area contributed by atoms with Crippen LogP contribution in [0.25, 0.3) is 0 Å². The number of hydrogen-bond donors (Lipinski definition) is 1. The number of thioether (sulfide) groups is 1. The van der Waals surface area contributed by atoms with Gasteiger partial charge in [0.25, 0.3) is 0 Å². The molecule has 4 nitrogen and oxygen atoms in total. The van der Waals surface area contributed by atoms with E-state index in [0.29, 0.717) is 18.7 Å². The predicted molar refractivity (Wildman–Crippen MR) is 117 cm³/mol. The van der Waals surface area contributed by atoms with Crippen molar-refractivity contribution in [2.24, 2.45) is 0 Å². The highest BCUT2D eigenvalue weighted by Gasteiger charge is 2.27. The maximum Gasteiger partial charge on any atom is 0.242 e. The highest BCUT2D eigenvalue weighted by Crippen LogP contribution is 2.18. The van der Waals surface area contributed by atoms with Gasteiger partial charge in [0.05, 0.1) is 5.75 Å². The van der Waals surface area contributed by atoms with Gasteiger partial charge in [-0.25, -0.2) is 0 Å². The summed E-state index contributed by atoms with van der Waals surface area (Å²) in [6.45, 7) is 6.48. The molecule has 1 atom stereocenters. The molecular formula is C23H30N2O2S. The molecule has 0 fully saturated rings. The Kier molecular flexibility index (Phi) is 8.58. The Balaban J connectivity index is 2.08. The van der Waals surface area contributed by atoms with E-state index in [0.717, 1.165) is 16.9 Å². The zero-order chi connectivity index (χ0) is 20.5. The maximum atomic E-state index is 13.0. The molecule has 0 unspecified atom stereocenters. The summed E-state index contributed by atoms with van der Waals surface area (Å²) < 4.78 is 0. The van der Waals surface area contributed by atoms with Crippen LogP contribution < -0.4 is 5.32 Å². The lowest BCUT2D eigenvalue weighted by Gasteiger charge is -2.30. The van der Waals surface area contributed by atoms with Gasteiger partial charge < -0.3 is 10.2 Å². The monoisotopic (exact) mass is 398 g/mol. The summed E-state index contributed by atoms with van der Waals surface area (Å²) in [5.41, 5.74) is 4.61. The zero-order valence-electron chi connectivity index (χ0n) is 17.2. The van der Waals surface area contributed by atoms with Crippen LogP contribution in [0.2, 0.25) is 0 Å². The van der Waals surface area contributed by atoms with Crippen molar-refractivity contribution in [2.45, 2.75) is 45.5 Å². The molecule has 1 N–H and O–H groups in total. The molecule has 0 spiro atoms. The molecule has 0 radical (unpaired) electrons. The molecule has 5 heteroatoms. The second kappa shape index (κ2) is 10.9. The summed E-state index contributed by atoms with van der Waals surface area (Å²) >= 11 is 1.59. The quantitative estimate of drug-likeness (QED) is 0.692. The Bertz CT molecular complexity index is 789. The van der Waals surface area contributed by atoms with Gasteiger partial charge in [-0.3, -0.25) is 9.59 Å². The molecule has 0 saturated heterocycles. The standard InChI is InChI=1S/C23H30N2O2S/c1-5-21(23(27)24-4)25(14-20-8-6-7-18(3)13-20)22(26)16-28-15-19-11-9-17(2)10-12-19/h6-13,21H,5,14-16H2,1-4H3,(H,24,27)/t21-/m0/s1. The van der Waals surface area contributed by atoms with Gasteiger partial charge in [-0.05, 0) is 31.4 Å². The van der Waals surface area contributed by atoms with E-state index in [9.17, 15) is 9.59 Å². The number of amides is 2. The van der Waals surface area contributed by atoms with E-state index in [4.69, 9.17) is 0 Å². The van der Waals surface area contributed by atoms with E-state index in [-0.39, 0.29) is 11.8 Å². The molecule has 2 aromatic rings. The third kappa shape index (κ3) is 6.41. The molecule has 2 aromatic carbocycles. The minimum atomic E-state index is -0.460. The van der Waals surface area contributed by atoms with Crippen molar-refractivity contribution in [2.75, 3.05) is 12.8 Å². The minimum absolute atomic E-state index is 0.00549.